The second-order valence-electron chi connectivity index (χ2n) is 8.01. The molecule has 0 aromatic heterocycles. The number of nitrogens with one attached hydrogen (secondary N) is 1. The fourth-order valence-electron chi connectivity index (χ4n) is 3.80. The SMILES string of the molecule is CC1(CN)CCN(CC(=O)Nc2ccc(S(=O)(=O)N3CCCCC3)cc2)C1. The van der Waals surface area contributed by atoms with Gasteiger partial charge in [0.05, 0.1) is 11.4 Å². The van der Waals surface area contributed by atoms with Gasteiger partial charge in [0.2, 0.25) is 15.9 Å². The lowest BCUT2D eigenvalue weighted by molar-refractivity contribution is -0.117. The molecule has 1 unspecified atom stereocenters. The van der Waals surface area contributed by atoms with Crippen molar-refractivity contribution in [1.29, 1.82) is 0 Å². The summed E-state index contributed by atoms with van der Waals surface area (Å²) in [4.78, 5) is 14.7. The maximum absolute atomic E-state index is 12.7. The van der Waals surface area contributed by atoms with E-state index in [2.05, 4.69) is 17.1 Å². The molecule has 2 fully saturated rings. The second kappa shape index (κ2) is 8.26. The van der Waals surface area contributed by atoms with E-state index in [9.17, 15) is 13.2 Å². The van der Waals surface area contributed by atoms with E-state index < -0.39 is 10.0 Å². The molecule has 2 heterocycles. The van der Waals surface area contributed by atoms with Gasteiger partial charge in [-0.15, -0.1) is 0 Å². The Hall–Kier alpha value is -1.48. The standard InChI is InChI=1S/C19H30N4O3S/c1-19(14-20)9-12-22(15-19)13-18(24)21-16-5-7-17(8-6-16)27(25,26)23-10-3-2-4-11-23/h5-8H,2-4,9-15,20H2,1H3,(H,21,24). The van der Waals surface area contributed by atoms with E-state index in [0.29, 0.717) is 31.9 Å². The van der Waals surface area contributed by atoms with E-state index >= 15 is 0 Å². The molecule has 27 heavy (non-hydrogen) atoms. The first-order valence-electron chi connectivity index (χ1n) is 9.65. The zero-order valence-corrected chi connectivity index (χ0v) is 16.8. The van der Waals surface area contributed by atoms with Gasteiger partial charge in [-0.25, -0.2) is 8.42 Å². The van der Waals surface area contributed by atoms with Crippen LogP contribution in [0.4, 0.5) is 5.69 Å². The maximum Gasteiger partial charge on any atom is 0.243 e. The van der Waals surface area contributed by atoms with Gasteiger partial charge in [0.25, 0.3) is 0 Å². The molecule has 2 aliphatic heterocycles. The zero-order chi connectivity index (χ0) is 19.5. The van der Waals surface area contributed by atoms with Crippen LogP contribution in [0.2, 0.25) is 0 Å². The van der Waals surface area contributed by atoms with E-state index in [1.807, 2.05) is 0 Å². The van der Waals surface area contributed by atoms with Crippen molar-refractivity contribution in [3.63, 3.8) is 0 Å². The molecule has 0 radical (unpaired) electrons. The summed E-state index contributed by atoms with van der Waals surface area (Å²) >= 11 is 0. The topological polar surface area (TPSA) is 95.7 Å². The van der Waals surface area contributed by atoms with Gasteiger partial charge in [0.1, 0.15) is 0 Å². The van der Waals surface area contributed by atoms with Crippen LogP contribution in [0.25, 0.3) is 0 Å². The van der Waals surface area contributed by atoms with Crippen molar-refractivity contribution in [2.24, 2.45) is 11.1 Å². The highest BCUT2D eigenvalue weighted by Crippen LogP contribution is 2.28. The third-order valence-corrected chi connectivity index (χ3v) is 7.50. The summed E-state index contributed by atoms with van der Waals surface area (Å²) in [5.74, 6) is -0.0945. The summed E-state index contributed by atoms with van der Waals surface area (Å²) in [6, 6.07) is 6.45. The number of amides is 1. The number of rotatable bonds is 6. The molecule has 3 N–H and O–H groups in total. The van der Waals surface area contributed by atoms with Crippen LogP contribution < -0.4 is 11.1 Å². The van der Waals surface area contributed by atoms with Gasteiger partial charge in [-0.2, -0.15) is 4.31 Å². The number of nitrogens with zero attached hydrogens (tertiary/aromatic N) is 2. The second-order valence-corrected chi connectivity index (χ2v) is 9.95. The Kier molecular flexibility index (Phi) is 6.20. The molecule has 0 bridgehead atoms. The molecule has 1 amide bonds. The minimum absolute atomic E-state index is 0.0880. The number of anilines is 1. The Bertz CT molecular complexity index is 760. The first-order chi connectivity index (χ1) is 12.8. The van der Waals surface area contributed by atoms with Gasteiger partial charge in [-0.3, -0.25) is 9.69 Å². The summed E-state index contributed by atoms with van der Waals surface area (Å²) < 4.78 is 26.9. The minimum Gasteiger partial charge on any atom is -0.330 e. The quantitative estimate of drug-likeness (QED) is 0.762. The van der Waals surface area contributed by atoms with Crippen LogP contribution in [0.1, 0.15) is 32.6 Å². The number of hydrogen-bond acceptors (Lipinski definition) is 5. The van der Waals surface area contributed by atoms with Crippen LogP contribution in [0, 0.1) is 5.41 Å². The highest BCUT2D eigenvalue weighted by molar-refractivity contribution is 7.89. The molecule has 0 aliphatic carbocycles. The minimum atomic E-state index is -3.44. The fraction of sp³-hybridized carbons (Fsp3) is 0.632. The molecule has 0 saturated carbocycles. The molecule has 150 valence electrons. The molecular weight excluding hydrogens is 364 g/mol. The lowest BCUT2D eigenvalue weighted by Crippen LogP contribution is -2.36. The average Bonchev–Trinajstić information content (AvgIpc) is 3.04. The van der Waals surface area contributed by atoms with Crippen molar-refractivity contribution in [3.05, 3.63) is 24.3 Å². The van der Waals surface area contributed by atoms with Crippen LogP contribution in [0.15, 0.2) is 29.2 Å². The van der Waals surface area contributed by atoms with Crippen molar-refractivity contribution < 1.29 is 13.2 Å². The lowest BCUT2D eigenvalue weighted by atomic mass is 9.90. The third-order valence-electron chi connectivity index (χ3n) is 5.59. The summed E-state index contributed by atoms with van der Waals surface area (Å²) in [6.45, 7) is 5.95. The first kappa shape index (κ1) is 20.3. The number of likely N-dealkylation sites (tertiary alicyclic amines) is 1. The van der Waals surface area contributed by atoms with Crippen LogP contribution in [0.5, 0.6) is 0 Å². The molecule has 3 rings (SSSR count). The van der Waals surface area contributed by atoms with Crippen molar-refractivity contribution in [1.82, 2.24) is 9.21 Å². The van der Waals surface area contributed by atoms with Gasteiger partial charge >= 0.3 is 0 Å². The number of carbonyl (C=O) groups excluding carboxylic acids is 1. The van der Waals surface area contributed by atoms with Crippen LogP contribution in [0.3, 0.4) is 0 Å². The Morgan fingerprint density at radius 3 is 2.41 bits per heavy atom. The van der Waals surface area contributed by atoms with Crippen LogP contribution in [-0.2, 0) is 14.8 Å². The Morgan fingerprint density at radius 1 is 1.15 bits per heavy atom. The molecule has 7 nitrogen and oxygen atoms in total. The molecule has 1 aromatic rings. The summed E-state index contributed by atoms with van der Waals surface area (Å²) in [5, 5.41) is 2.85. The predicted octanol–water partition coefficient (Wildman–Crippen LogP) is 1.47. The molecule has 2 saturated heterocycles. The fourth-order valence-corrected chi connectivity index (χ4v) is 5.31. The highest BCUT2D eigenvalue weighted by atomic mass is 32.2. The molecular formula is C19H30N4O3S. The monoisotopic (exact) mass is 394 g/mol. The predicted molar refractivity (Wildman–Crippen MR) is 106 cm³/mol. The third kappa shape index (κ3) is 4.87. The molecule has 8 heteroatoms. The van der Waals surface area contributed by atoms with Crippen molar-refractivity contribution in [2.75, 3.05) is 44.6 Å². The van der Waals surface area contributed by atoms with Gasteiger partial charge in [-0.05, 0) is 62.0 Å². The van der Waals surface area contributed by atoms with Crippen molar-refractivity contribution in [3.8, 4) is 0 Å². The molecule has 2 aliphatic rings. The van der Waals surface area contributed by atoms with Crippen molar-refractivity contribution >= 4 is 21.6 Å². The van der Waals surface area contributed by atoms with E-state index in [1.54, 1.807) is 28.6 Å². The normalized spacial score (nSPS) is 24.8. The smallest absolute Gasteiger partial charge is 0.243 e. The number of hydrogen-bond donors (Lipinski definition) is 2. The number of piperidine rings is 1. The number of nitrogens with two attached hydrogens (primary N) is 1. The highest BCUT2D eigenvalue weighted by Gasteiger charge is 2.33. The zero-order valence-electron chi connectivity index (χ0n) is 16.0. The Morgan fingerprint density at radius 2 is 1.81 bits per heavy atom. The average molecular weight is 395 g/mol. The van der Waals surface area contributed by atoms with Gasteiger partial charge < -0.3 is 11.1 Å². The molecule has 1 atom stereocenters. The Labute approximate surface area is 161 Å². The number of carbonyl (C=O) groups is 1. The summed E-state index contributed by atoms with van der Waals surface area (Å²) in [5.41, 5.74) is 6.51. The van der Waals surface area contributed by atoms with Crippen molar-refractivity contribution in [2.45, 2.75) is 37.5 Å². The lowest BCUT2D eigenvalue weighted by Gasteiger charge is -2.25. The van der Waals surface area contributed by atoms with E-state index in [0.717, 1.165) is 38.8 Å². The van der Waals surface area contributed by atoms with Gasteiger partial charge in [0, 0.05) is 25.3 Å². The van der Waals surface area contributed by atoms with Gasteiger partial charge in [0.15, 0.2) is 0 Å². The first-order valence-corrected chi connectivity index (χ1v) is 11.1. The molecule has 0 spiro atoms. The van der Waals surface area contributed by atoms with E-state index in [-0.39, 0.29) is 16.2 Å². The Balaban J connectivity index is 1.57. The van der Waals surface area contributed by atoms with Crippen LogP contribution >= 0.6 is 0 Å². The maximum atomic E-state index is 12.7. The number of benzene rings is 1. The van der Waals surface area contributed by atoms with Gasteiger partial charge in [-0.1, -0.05) is 13.3 Å². The van der Waals surface area contributed by atoms with E-state index in [1.165, 1.54) is 0 Å². The summed E-state index contributed by atoms with van der Waals surface area (Å²) in [7, 11) is -3.44. The number of sulfonamides is 1. The summed E-state index contributed by atoms with van der Waals surface area (Å²) in [6.07, 6.45) is 3.90. The molecule has 1 aromatic carbocycles. The largest absolute Gasteiger partial charge is 0.330 e. The van der Waals surface area contributed by atoms with Crippen LogP contribution in [-0.4, -0.2) is 62.8 Å². The van der Waals surface area contributed by atoms with E-state index in [4.69, 9.17) is 5.73 Å².